The predicted molar refractivity (Wildman–Crippen MR) is 60.0 cm³/mol. The maximum Gasteiger partial charge on any atom is 0.327 e. The highest BCUT2D eigenvalue weighted by Crippen LogP contribution is 2.23. The molecule has 0 fully saturated rings. The first-order valence-corrected chi connectivity index (χ1v) is 5.40. The van der Waals surface area contributed by atoms with Crippen LogP contribution in [0.1, 0.15) is 25.5 Å². The molecule has 72 valence electrons. The topological polar surface area (TPSA) is 30.0 Å². The molecule has 0 amide bonds. The highest BCUT2D eigenvalue weighted by Gasteiger charge is 2.07. The molecule has 0 N–H and O–H groups in total. The summed E-state index contributed by atoms with van der Waals surface area (Å²) in [6, 6.07) is 7.91. The Labute approximate surface area is 86.2 Å². The van der Waals surface area contributed by atoms with Gasteiger partial charge in [0.1, 0.15) is 0 Å². The van der Waals surface area contributed by atoms with Gasteiger partial charge in [-0.2, -0.15) is 0 Å². The second kappa shape index (κ2) is 3.50. The van der Waals surface area contributed by atoms with Gasteiger partial charge < -0.3 is 0 Å². The number of fused-ring (bicyclic) bond motifs is 1. The molecule has 2 aromatic rings. The monoisotopic (exact) mass is 205 g/mol. The molecular formula is C11H11NOS. The van der Waals surface area contributed by atoms with Crippen molar-refractivity contribution in [3.63, 3.8) is 0 Å². The standard InChI is InChI=1S/C11H11NOS/c1-7(2)10-8-5-3-4-6-9(8)14-11(13)12-10/h3-7H,1-2H3. The first-order valence-electron chi connectivity index (χ1n) is 4.58. The molecule has 1 aromatic carbocycles. The Morgan fingerprint density at radius 2 is 2.00 bits per heavy atom. The Kier molecular flexibility index (Phi) is 2.33. The van der Waals surface area contributed by atoms with E-state index in [1.54, 1.807) is 0 Å². The first-order chi connectivity index (χ1) is 6.68. The molecule has 0 saturated carbocycles. The number of aromatic nitrogens is 1. The molecule has 2 nitrogen and oxygen atoms in total. The van der Waals surface area contributed by atoms with Crippen LogP contribution in [-0.2, 0) is 0 Å². The SMILES string of the molecule is CC(C)c1nc(=O)sc2ccccc12. The van der Waals surface area contributed by atoms with E-state index in [1.807, 2.05) is 24.3 Å². The van der Waals surface area contributed by atoms with Crippen LogP contribution >= 0.6 is 11.3 Å². The van der Waals surface area contributed by atoms with E-state index < -0.39 is 0 Å². The summed E-state index contributed by atoms with van der Waals surface area (Å²) in [4.78, 5) is 15.3. The number of hydrogen-bond donors (Lipinski definition) is 0. The average molecular weight is 205 g/mol. The van der Waals surface area contributed by atoms with Crippen molar-refractivity contribution in [3.05, 3.63) is 39.6 Å². The molecule has 0 aliphatic heterocycles. The maximum atomic E-state index is 11.3. The van der Waals surface area contributed by atoms with Crippen molar-refractivity contribution < 1.29 is 0 Å². The highest BCUT2D eigenvalue weighted by molar-refractivity contribution is 7.16. The van der Waals surface area contributed by atoms with Gasteiger partial charge in [0.15, 0.2) is 0 Å². The minimum atomic E-state index is -0.104. The van der Waals surface area contributed by atoms with Crippen LogP contribution in [0.15, 0.2) is 29.1 Å². The molecule has 0 atom stereocenters. The lowest BCUT2D eigenvalue weighted by atomic mass is 10.1. The maximum absolute atomic E-state index is 11.3. The summed E-state index contributed by atoms with van der Waals surface area (Å²) in [6.07, 6.45) is 0. The number of nitrogens with zero attached hydrogens (tertiary/aromatic N) is 1. The fourth-order valence-electron chi connectivity index (χ4n) is 1.48. The van der Waals surface area contributed by atoms with Gasteiger partial charge in [0.05, 0.1) is 5.69 Å². The van der Waals surface area contributed by atoms with Gasteiger partial charge in [-0.15, -0.1) is 0 Å². The van der Waals surface area contributed by atoms with E-state index in [-0.39, 0.29) is 4.87 Å². The van der Waals surface area contributed by atoms with Gasteiger partial charge in [-0.3, -0.25) is 4.79 Å². The molecule has 0 saturated heterocycles. The van der Waals surface area contributed by atoms with Gasteiger partial charge in [0.2, 0.25) is 0 Å². The molecule has 1 heterocycles. The summed E-state index contributed by atoms with van der Waals surface area (Å²) >= 11 is 1.21. The highest BCUT2D eigenvalue weighted by atomic mass is 32.1. The van der Waals surface area contributed by atoms with Crippen molar-refractivity contribution in [2.75, 3.05) is 0 Å². The fraction of sp³-hybridized carbons (Fsp3) is 0.273. The third kappa shape index (κ3) is 1.55. The Balaban J connectivity index is 2.87. The van der Waals surface area contributed by atoms with E-state index in [1.165, 1.54) is 11.3 Å². The zero-order chi connectivity index (χ0) is 10.1. The molecule has 0 spiro atoms. The van der Waals surface area contributed by atoms with Gasteiger partial charge in [0.25, 0.3) is 0 Å². The van der Waals surface area contributed by atoms with E-state index in [4.69, 9.17) is 0 Å². The summed E-state index contributed by atoms with van der Waals surface area (Å²) < 4.78 is 1.02. The lowest BCUT2D eigenvalue weighted by molar-refractivity contribution is 0.832. The van der Waals surface area contributed by atoms with Gasteiger partial charge >= 0.3 is 4.87 Å². The normalized spacial score (nSPS) is 11.1. The van der Waals surface area contributed by atoms with Crippen molar-refractivity contribution in [3.8, 4) is 0 Å². The second-order valence-corrected chi connectivity index (χ2v) is 4.51. The van der Waals surface area contributed by atoms with E-state index >= 15 is 0 Å². The molecule has 0 aliphatic carbocycles. The minimum absolute atomic E-state index is 0.104. The van der Waals surface area contributed by atoms with Crippen LogP contribution in [-0.4, -0.2) is 4.98 Å². The Morgan fingerprint density at radius 1 is 1.29 bits per heavy atom. The Hall–Kier alpha value is -1.22. The van der Waals surface area contributed by atoms with E-state index in [0.717, 1.165) is 15.8 Å². The third-order valence-electron chi connectivity index (χ3n) is 2.12. The zero-order valence-electron chi connectivity index (χ0n) is 8.15. The van der Waals surface area contributed by atoms with E-state index in [9.17, 15) is 4.79 Å². The minimum Gasteiger partial charge on any atom is -0.255 e. The molecule has 0 radical (unpaired) electrons. The van der Waals surface area contributed by atoms with Crippen molar-refractivity contribution in [2.45, 2.75) is 19.8 Å². The van der Waals surface area contributed by atoms with Gasteiger partial charge in [-0.1, -0.05) is 43.4 Å². The van der Waals surface area contributed by atoms with Crippen LogP contribution in [0.25, 0.3) is 10.1 Å². The van der Waals surface area contributed by atoms with Crippen molar-refractivity contribution in [2.24, 2.45) is 0 Å². The van der Waals surface area contributed by atoms with Gasteiger partial charge in [0, 0.05) is 10.1 Å². The zero-order valence-corrected chi connectivity index (χ0v) is 8.97. The summed E-state index contributed by atoms with van der Waals surface area (Å²) in [6.45, 7) is 4.11. The van der Waals surface area contributed by atoms with Crippen molar-refractivity contribution in [1.29, 1.82) is 0 Å². The Bertz CT molecular complexity index is 516. The van der Waals surface area contributed by atoms with Crippen molar-refractivity contribution >= 4 is 21.4 Å². The molecule has 3 heteroatoms. The molecule has 0 bridgehead atoms. The lowest BCUT2D eigenvalue weighted by Crippen LogP contribution is -2.05. The van der Waals surface area contributed by atoms with Gasteiger partial charge in [-0.05, 0) is 12.0 Å². The summed E-state index contributed by atoms with van der Waals surface area (Å²) in [5.74, 6) is 0.293. The largest absolute Gasteiger partial charge is 0.327 e. The molecule has 14 heavy (non-hydrogen) atoms. The molecular weight excluding hydrogens is 194 g/mol. The summed E-state index contributed by atoms with van der Waals surface area (Å²) in [7, 11) is 0. The number of benzene rings is 1. The first kappa shape index (κ1) is 9.34. The summed E-state index contributed by atoms with van der Waals surface area (Å²) in [5, 5.41) is 1.10. The van der Waals surface area contributed by atoms with E-state index in [0.29, 0.717) is 5.92 Å². The van der Waals surface area contributed by atoms with Crippen LogP contribution in [0.5, 0.6) is 0 Å². The molecule has 2 rings (SSSR count). The summed E-state index contributed by atoms with van der Waals surface area (Å²) in [5.41, 5.74) is 0.907. The lowest BCUT2D eigenvalue weighted by Gasteiger charge is -2.06. The fourth-order valence-corrected chi connectivity index (χ4v) is 2.24. The third-order valence-corrected chi connectivity index (χ3v) is 2.96. The smallest absolute Gasteiger partial charge is 0.255 e. The van der Waals surface area contributed by atoms with Crippen LogP contribution < -0.4 is 4.87 Å². The molecule has 1 aromatic heterocycles. The van der Waals surface area contributed by atoms with E-state index in [2.05, 4.69) is 18.8 Å². The Morgan fingerprint density at radius 3 is 2.71 bits per heavy atom. The van der Waals surface area contributed by atoms with Crippen LogP contribution in [0.2, 0.25) is 0 Å². The number of rotatable bonds is 1. The molecule has 0 aliphatic rings. The van der Waals surface area contributed by atoms with Crippen LogP contribution in [0, 0.1) is 0 Å². The predicted octanol–water partition coefficient (Wildman–Crippen LogP) is 2.78. The number of hydrogen-bond acceptors (Lipinski definition) is 3. The van der Waals surface area contributed by atoms with Crippen LogP contribution in [0.4, 0.5) is 0 Å². The average Bonchev–Trinajstić information content (AvgIpc) is 2.16. The van der Waals surface area contributed by atoms with Crippen LogP contribution in [0.3, 0.4) is 0 Å². The quantitative estimate of drug-likeness (QED) is 0.716. The van der Waals surface area contributed by atoms with Gasteiger partial charge in [-0.25, -0.2) is 4.98 Å². The van der Waals surface area contributed by atoms with Crippen molar-refractivity contribution in [1.82, 2.24) is 4.98 Å². The second-order valence-electron chi connectivity index (χ2n) is 3.52. The molecule has 0 unspecified atom stereocenters.